The second-order valence-corrected chi connectivity index (χ2v) is 5.34. The van der Waals surface area contributed by atoms with Crippen LogP contribution < -0.4 is 16.4 Å². The largest absolute Gasteiger partial charge is 0.366 e. The van der Waals surface area contributed by atoms with Crippen LogP contribution >= 0.6 is 0 Å². The second kappa shape index (κ2) is 7.92. The molecule has 0 bridgehead atoms. The van der Waals surface area contributed by atoms with Crippen LogP contribution in [0, 0.1) is 6.92 Å². The number of nitrogens with two attached hydrogens (primary N) is 1. The number of benzene rings is 2. The molecule has 124 valence electrons. The van der Waals surface area contributed by atoms with Crippen LogP contribution in [0.25, 0.3) is 0 Å². The number of aryl methyl sites for hydroxylation is 1. The summed E-state index contributed by atoms with van der Waals surface area (Å²) in [7, 11) is 0. The zero-order valence-electron chi connectivity index (χ0n) is 13.3. The molecule has 0 aliphatic carbocycles. The maximum absolute atomic E-state index is 12.0. The summed E-state index contributed by atoms with van der Waals surface area (Å²) >= 11 is 0. The molecule has 0 saturated heterocycles. The Balaban J connectivity index is 1.84. The third-order valence-electron chi connectivity index (χ3n) is 3.50. The summed E-state index contributed by atoms with van der Waals surface area (Å²) in [5.74, 6) is -1.13. The Morgan fingerprint density at radius 3 is 2.46 bits per heavy atom. The number of hydrogen-bond donors (Lipinski definition) is 3. The minimum absolute atomic E-state index is 0.122. The molecule has 0 unspecified atom stereocenters. The maximum Gasteiger partial charge on any atom is 0.251 e. The fourth-order valence-corrected chi connectivity index (χ4v) is 2.18. The number of nitrogens with one attached hydrogen (secondary N) is 2. The summed E-state index contributed by atoms with van der Waals surface area (Å²) in [6, 6.07) is 13.9. The Hall–Kier alpha value is -3.15. The highest BCUT2D eigenvalue weighted by Crippen LogP contribution is 2.06. The van der Waals surface area contributed by atoms with Crippen LogP contribution in [0.4, 0.5) is 0 Å². The van der Waals surface area contributed by atoms with Gasteiger partial charge in [-0.3, -0.25) is 14.4 Å². The predicted molar refractivity (Wildman–Crippen MR) is 90.3 cm³/mol. The van der Waals surface area contributed by atoms with Crippen LogP contribution in [0.5, 0.6) is 0 Å². The van der Waals surface area contributed by atoms with Gasteiger partial charge in [-0.1, -0.05) is 30.3 Å². The molecular formula is C18H19N3O3. The minimum Gasteiger partial charge on any atom is -0.366 e. The Morgan fingerprint density at radius 1 is 1.00 bits per heavy atom. The molecule has 2 aromatic carbocycles. The van der Waals surface area contributed by atoms with Crippen LogP contribution in [0.15, 0.2) is 48.5 Å². The molecule has 24 heavy (non-hydrogen) atoms. The molecule has 0 spiro atoms. The lowest BCUT2D eigenvalue weighted by Crippen LogP contribution is -2.36. The molecule has 0 aliphatic rings. The van der Waals surface area contributed by atoms with Crippen molar-refractivity contribution < 1.29 is 14.4 Å². The molecular weight excluding hydrogens is 306 g/mol. The maximum atomic E-state index is 12.0. The van der Waals surface area contributed by atoms with Crippen molar-refractivity contribution in [2.75, 3.05) is 6.54 Å². The topological polar surface area (TPSA) is 101 Å². The van der Waals surface area contributed by atoms with E-state index in [1.807, 2.05) is 19.1 Å². The van der Waals surface area contributed by atoms with Crippen molar-refractivity contribution in [1.82, 2.24) is 10.6 Å². The third-order valence-corrected chi connectivity index (χ3v) is 3.50. The van der Waals surface area contributed by atoms with Gasteiger partial charge in [0.15, 0.2) is 0 Å². The minimum atomic E-state index is -0.520. The van der Waals surface area contributed by atoms with Crippen molar-refractivity contribution in [2.24, 2.45) is 5.73 Å². The van der Waals surface area contributed by atoms with Gasteiger partial charge in [0.05, 0.1) is 6.54 Å². The first-order valence-corrected chi connectivity index (χ1v) is 7.46. The van der Waals surface area contributed by atoms with E-state index < -0.39 is 5.91 Å². The van der Waals surface area contributed by atoms with Crippen molar-refractivity contribution in [3.63, 3.8) is 0 Å². The summed E-state index contributed by atoms with van der Waals surface area (Å²) in [6.07, 6.45) is 0. The first-order chi connectivity index (χ1) is 11.5. The van der Waals surface area contributed by atoms with Crippen LogP contribution in [0.3, 0.4) is 0 Å². The van der Waals surface area contributed by atoms with E-state index in [0.717, 1.165) is 11.1 Å². The Labute approximate surface area is 140 Å². The predicted octanol–water partition coefficient (Wildman–Crippen LogP) is 1.14. The van der Waals surface area contributed by atoms with Crippen LogP contribution in [-0.4, -0.2) is 24.3 Å². The van der Waals surface area contributed by atoms with Gasteiger partial charge in [-0.25, -0.2) is 0 Å². The molecule has 0 aromatic heterocycles. The molecule has 0 fully saturated rings. The normalized spacial score (nSPS) is 10.0. The first kappa shape index (κ1) is 17.2. The second-order valence-electron chi connectivity index (χ2n) is 5.34. The van der Waals surface area contributed by atoms with Crippen molar-refractivity contribution >= 4 is 17.7 Å². The smallest absolute Gasteiger partial charge is 0.251 e. The van der Waals surface area contributed by atoms with Crippen molar-refractivity contribution in [1.29, 1.82) is 0 Å². The number of amides is 3. The summed E-state index contributed by atoms with van der Waals surface area (Å²) < 4.78 is 0. The fraction of sp³-hybridized carbons (Fsp3) is 0.167. The summed E-state index contributed by atoms with van der Waals surface area (Å²) in [6.45, 7) is 1.96. The lowest BCUT2D eigenvalue weighted by Gasteiger charge is -2.09. The van der Waals surface area contributed by atoms with Gasteiger partial charge in [-0.05, 0) is 36.2 Å². The Kier molecular flexibility index (Phi) is 5.68. The van der Waals surface area contributed by atoms with E-state index in [1.54, 1.807) is 36.4 Å². The van der Waals surface area contributed by atoms with E-state index >= 15 is 0 Å². The number of hydrogen-bond acceptors (Lipinski definition) is 3. The Bertz CT molecular complexity index is 772. The summed E-state index contributed by atoms with van der Waals surface area (Å²) in [4.78, 5) is 35.0. The van der Waals surface area contributed by atoms with Gasteiger partial charge >= 0.3 is 0 Å². The SMILES string of the molecule is Cc1ccccc1C(=O)NCC(=O)NCc1cccc(C(N)=O)c1. The van der Waals surface area contributed by atoms with E-state index in [-0.39, 0.29) is 24.9 Å². The van der Waals surface area contributed by atoms with E-state index in [0.29, 0.717) is 11.1 Å². The van der Waals surface area contributed by atoms with Gasteiger partial charge in [-0.15, -0.1) is 0 Å². The zero-order chi connectivity index (χ0) is 17.5. The molecule has 6 nitrogen and oxygen atoms in total. The molecule has 2 aromatic rings. The molecule has 6 heteroatoms. The summed E-state index contributed by atoms with van der Waals surface area (Å²) in [5.41, 5.74) is 7.74. The number of carbonyl (C=O) groups excluding carboxylic acids is 3. The van der Waals surface area contributed by atoms with Gasteiger partial charge in [0.2, 0.25) is 11.8 Å². The van der Waals surface area contributed by atoms with Gasteiger partial charge < -0.3 is 16.4 Å². The highest BCUT2D eigenvalue weighted by molar-refractivity contribution is 5.97. The highest BCUT2D eigenvalue weighted by Gasteiger charge is 2.10. The van der Waals surface area contributed by atoms with Gasteiger partial charge in [0, 0.05) is 17.7 Å². The molecule has 0 saturated carbocycles. The van der Waals surface area contributed by atoms with Crippen molar-refractivity contribution in [3.05, 3.63) is 70.8 Å². The Morgan fingerprint density at radius 2 is 1.75 bits per heavy atom. The molecule has 3 amide bonds. The molecule has 0 aliphatic heterocycles. The van der Waals surface area contributed by atoms with E-state index in [4.69, 9.17) is 5.73 Å². The average Bonchev–Trinajstić information content (AvgIpc) is 2.58. The molecule has 0 heterocycles. The third kappa shape index (κ3) is 4.67. The summed E-state index contributed by atoms with van der Waals surface area (Å²) in [5, 5.41) is 5.26. The number of primary amides is 1. The lowest BCUT2D eigenvalue weighted by molar-refractivity contribution is -0.120. The highest BCUT2D eigenvalue weighted by atomic mass is 16.2. The lowest BCUT2D eigenvalue weighted by atomic mass is 10.1. The zero-order valence-corrected chi connectivity index (χ0v) is 13.3. The van der Waals surface area contributed by atoms with Crippen LogP contribution in [0.1, 0.15) is 31.8 Å². The van der Waals surface area contributed by atoms with Crippen LogP contribution in [-0.2, 0) is 11.3 Å². The molecule has 4 N–H and O–H groups in total. The van der Waals surface area contributed by atoms with Gasteiger partial charge in [0.1, 0.15) is 0 Å². The van der Waals surface area contributed by atoms with E-state index in [2.05, 4.69) is 10.6 Å². The quantitative estimate of drug-likeness (QED) is 0.742. The molecule has 0 atom stereocenters. The van der Waals surface area contributed by atoms with Crippen molar-refractivity contribution in [2.45, 2.75) is 13.5 Å². The van der Waals surface area contributed by atoms with E-state index in [9.17, 15) is 14.4 Å². The monoisotopic (exact) mass is 325 g/mol. The molecule has 2 rings (SSSR count). The van der Waals surface area contributed by atoms with E-state index in [1.165, 1.54) is 0 Å². The number of carbonyl (C=O) groups is 3. The number of rotatable bonds is 6. The average molecular weight is 325 g/mol. The van der Waals surface area contributed by atoms with Crippen molar-refractivity contribution in [3.8, 4) is 0 Å². The van der Waals surface area contributed by atoms with Gasteiger partial charge in [0.25, 0.3) is 5.91 Å². The first-order valence-electron chi connectivity index (χ1n) is 7.46. The van der Waals surface area contributed by atoms with Crippen LogP contribution in [0.2, 0.25) is 0 Å². The fourth-order valence-electron chi connectivity index (χ4n) is 2.18. The standard InChI is InChI=1S/C18H19N3O3/c1-12-5-2-3-8-15(12)18(24)21-11-16(22)20-10-13-6-4-7-14(9-13)17(19)23/h2-9H,10-11H2,1H3,(H2,19,23)(H,20,22)(H,21,24). The van der Waals surface area contributed by atoms with Gasteiger partial charge in [-0.2, -0.15) is 0 Å². The molecule has 0 radical (unpaired) electrons.